The van der Waals surface area contributed by atoms with Crippen molar-refractivity contribution in [2.75, 3.05) is 6.54 Å². The third kappa shape index (κ3) is 2.59. The quantitative estimate of drug-likeness (QED) is 0.906. The summed E-state index contributed by atoms with van der Waals surface area (Å²) in [6, 6.07) is 4.34. The van der Waals surface area contributed by atoms with E-state index >= 15 is 0 Å². The molecular weight excluding hydrogens is 266 g/mol. The van der Waals surface area contributed by atoms with Crippen molar-refractivity contribution in [2.45, 2.75) is 26.3 Å². The van der Waals surface area contributed by atoms with E-state index in [0.29, 0.717) is 23.6 Å². The van der Waals surface area contributed by atoms with E-state index in [1.54, 1.807) is 18.2 Å². The molecule has 1 N–H and O–H groups in total. The largest absolute Gasteiger partial charge is 0.480 e. The molecule has 4 nitrogen and oxygen atoms in total. The van der Waals surface area contributed by atoms with E-state index in [0.717, 1.165) is 5.56 Å². The first kappa shape index (κ1) is 13.9. The SMILES string of the molecule is Cc1ccc(Cl)cc1C(=O)N1CCC(C)C1C(=O)O. The minimum absolute atomic E-state index is 0.0269. The fourth-order valence-electron chi connectivity index (χ4n) is 2.53. The van der Waals surface area contributed by atoms with E-state index in [2.05, 4.69) is 0 Å². The molecule has 1 aliphatic rings. The first-order valence-electron chi connectivity index (χ1n) is 6.21. The summed E-state index contributed by atoms with van der Waals surface area (Å²) in [5, 5.41) is 9.73. The van der Waals surface area contributed by atoms with Crippen LogP contribution in [0.25, 0.3) is 0 Å². The molecule has 1 amide bonds. The zero-order chi connectivity index (χ0) is 14.2. The summed E-state index contributed by atoms with van der Waals surface area (Å²) < 4.78 is 0. The summed E-state index contributed by atoms with van der Waals surface area (Å²) >= 11 is 5.91. The van der Waals surface area contributed by atoms with E-state index in [9.17, 15) is 14.7 Å². The summed E-state index contributed by atoms with van der Waals surface area (Å²) in [6.45, 7) is 4.15. The van der Waals surface area contributed by atoms with Gasteiger partial charge in [-0.05, 0) is 37.0 Å². The van der Waals surface area contributed by atoms with E-state index in [1.165, 1.54) is 4.90 Å². The summed E-state index contributed by atoms with van der Waals surface area (Å²) in [7, 11) is 0. The number of carbonyl (C=O) groups is 2. The van der Waals surface area contributed by atoms with Gasteiger partial charge in [0.1, 0.15) is 6.04 Å². The number of halogens is 1. The second-order valence-corrected chi connectivity index (χ2v) is 5.44. The van der Waals surface area contributed by atoms with Gasteiger partial charge in [0.05, 0.1) is 0 Å². The van der Waals surface area contributed by atoms with Crippen LogP contribution in [0, 0.1) is 12.8 Å². The van der Waals surface area contributed by atoms with Crippen LogP contribution < -0.4 is 0 Å². The van der Waals surface area contributed by atoms with Gasteiger partial charge in [-0.25, -0.2) is 4.79 Å². The maximum absolute atomic E-state index is 12.5. The number of hydrogen-bond donors (Lipinski definition) is 1. The second kappa shape index (κ2) is 5.21. The standard InChI is InChI=1S/C14H16ClNO3/c1-8-3-4-10(15)7-11(8)13(17)16-6-5-9(2)12(16)14(18)19/h3-4,7,9,12H,5-6H2,1-2H3,(H,18,19). The molecule has 2 rings (SSSR count). The first-order chi connectivity index (χ1) is 8.91. The van der Waals surface area contributed by atoms with Crippen LogP contribution in [-0.4, -0.2) is 34.5 Å². The van der Waals surface area contributed by atoms with E-state index in [4.69, 9.17) is 11.6 Å². The number of likely N-dealkylation sites (tertiary alicyclic amines) is 1. The van der Waals surface area contributed by atoms with E-state index in [1.807, 2.05) is 13.8 Å². The topological polar surface area (TPSA) is 57.6 Å². The predicted octanol–water partition coefficient (Wildman–Crippen LogP) is 2.58. The predicted molar refractivity (Wildman–Crippen MR) is 72.4 cm³/mol. The molecule has 0 saturated carbocycles. The van der Waals surface area contributed by atoms with Gasteiger partial charge in [0, 0.05) is 17.1 Å². The van der Waals surface area contributed by atoms with Crippen molar-refractivity contribution < 1.29 is 14.7 Å². The highest BCUT2D eigenvalue weighted by Crippen LogP contribution is 2.27. The fourth-order valence-corrected chi connectivity index (χ4v) is 2.70. The Hall–Kier alpha value is -1.55. The summed E-state index contributed by atoms with van der Waals surface area (Å²) in [4.78, 5) is 25.2. The smallest absolute Gasteiger partial charge is 0.326 e. The number of nitrogens with zero attached hydrogens (tertiary/aromatic N) is 1. The van der Waals surface area contributed by atoms with Crippen molar-refractivity contribution in [3.05, 3.63) is 34.3 Å². The Morgan fingerprint density at radius 2 is 2.11 bits per heavy atom. The Morgan fingerprint density at radius 1 is 1.42 bits per heavy atom. The molecular formula is C14H16ClNO3. The summed E-state index contributed by atoms with van der Waals surface area (Å²) in [6.07, 6.45) is 0.711. The van der Waals surface area contributed by atoms with Crippen LogP contribution in [0.4, 0.5) is 0 Å². The van der Waals surface area contributed by atoms with Crippen molar-refractivity contribution in [3.63, 3.8) is 0 Å². The number of rotatable bonds is 2. The lowest BCUT2D eigenvalue weighted by Gasteiger charge is -2.24. The lowest BCUT2D eigenvalue weighted by Crippen LogP contribution is -2.43. The van der Waals surface area contributed by atoms with Crippen LogP contribution in [-0.2, 0) is 4.79 Å². The summed E-state index contributed by atoms with van der Waals surface area (Å²) in [5.41, 5.74) is 1.28. The highest BCUT2D eigenvalue weighted by molar-refractivity contribution is 6.31. The van der Waals surface area contributed by atoms with Gasteiger partial charge in [0.2, 0.25) is 0 Å². The lowest BCUT2D eigenvalue weighted by atomic mass is 10.0. The maximum Gasteiger partial charge on any atom is 0.326 e. The molecule has 0 radical (unpaired) electrons. The van der Waals surface area contributed by atoms with Gasteiger partial charge in [-0.3, -0.25) is 4.79 Å². The molecule has 2 atom stereocenters. The van der Waals surface area contributed by atoms with E-state index in [-0.39, 0.29) is 11.8 Å². The molecule has 19 heavy (non-hydrogen) atoms. The highest BCUT2D eigenvalue weighted by atomic mass is 35.5. The van der Waals surface area contributed by atoms with Crippen LogP contribution >= 0.6 is 11.6 Å². The highest BCUT2D eigenvalue weighted by Gasteiger charge is 2.40. The molecule has 0 aromatic heterocycles. The van der Waals surface area contributed by atoms with Crippen molar-refractivity contribution in [1.82, 2.24) is 4.90 Å². The van der Waals surface area contributed by atoms with Crippen LogP contribution in [0.2, 0.25) is 5.02 Å². The summed E-state index contributed by atoms with van der Waals surface area (Å²) in [5.74, 6) is -1.23. The normalized spacial score (nSPS) is 22.6. The van der Waals surface area contributed by atoms with Gasteiger partial charge < -0.3 is 10.0 Å². The van der Waals surface area contributed by atoms with Crippen LogP contribution in [0.15, 0.2) is 18.2 Å². The molecule has 1 aromatic carbocycles. The number of carboxylic acid groups (broad SMARTS) is 1. The number of carbonyl (C=O) groups excluding carboxylic acids is 1. The molecule has 1 fully saturated rings. The van der Waals surface area contributed by atoms with Crippen molar-refractivity contribution in [1.29, 1.82) is 0 Å². The Kier molecular flexibility index (Phi) is 3.80. The molecule has 0 bridgehead atoms. The molecule has 5 heteroatoms. The Balaban J connectivity index is 2.33. The monoisotopic (exact) mass is 281 g/mol. The van der Waals surface area contributed by atoms with Crippen molar-refractivity contribution in [2.24, 2.45) is 5.92 Å². The fraction of sp³-hybridized carbons (Fsp3) is 0.429. The molecule has 0 spiro atoms. The van der Waals surface area contributed by atoms with Crippen molar-refractivity contribution in [3.8, 4) is 0 Å². The number of hydrogen-bond acceptors (Lipinski definition) is 2. The van der Waals surface area contributed by atoms with Gasteiger partial charge in [-0.15, -0.1) is 0 Å². The van der Waals surface area contributed by atoms with E-state index < -0.39 is 12.0 Å². The first-order valence-corrected chi connectivity index (χ1v) is 6.59. The van der Waals surface area contributed by atoms with Gasteiger partial charge in [0.25, 0.3) is 5.91 Å². The third-order valence-electron chi connectivity index (χ3n) is 3.64. The maximum atomic E-state index is 12.5. The van der Waals surface area contributed by atoms with Gasteiger partial charge in [-0.1, -0.05) is 24.6 Å². The van der Waals surface area contributed by atoms with Crippen LogP contribution in [0.5, 0.6) is 0 Å². The number of aliphatic carboxylic acids is 1. The average molecular weight is 282 g/mol. The average Bonchev–Trinajstić information content (AvgIpc) is 2.73. The van der Waals surface area contributed by atoms with Gasteiger partial charge in [-0.2, -0.15) is 0 Å². The minimum Gasteiger partial charge on any atom is -0.480 e. The number of amides is 1. The lowest BCUT2D eigenvalue weighted by molar-refractivity contribution is -0.142. The molecule has 1 aromatic rings. The molecule has 1 saturated heterocycles. The minimum atomic E-state index is -0.946. The Labute approximate surface area is 117 Å². The third-order valence-corrected chi connectivity index (χ3v) is 3.88. The molecule has 1 heterocycles. The Bertz CT molecular complexity index is 529. The Morgan fingerprint density at radius 3 is 2.74 bits per heavy atom. The number of aryl methyl sites for hydroxylation is 1. The zero-order valence-corrected chi connectivity index (χ0v) is 11.6. The van der Waals surface area contributed by atoms with Gasteiger partial charge in [0.15, 0.2) is 0 Å². The number of benzene rings is 1. The van der Waals surface area contributed by atoms with Gasteiger partial charge >= 0.3 is 5.97 Å². The molecule has 1 aliphatic heterocycles. The zero-order valence-electron chi connectivity index (χ0n) is 10.9. The molecule has 102 valence electrons. The van der Waals surface area contributed by atoms with Crippen LogP contribution in [0.3, 0.4) is 0 Å². The van der Waals surface area contributed by atoms with Crippen LogP contribution in [0.1, 0.15) is 29.3 Å². The molecule has 2 unspecified atom stereocenters. The number of carboxylic acids is 1. The second-order valence-electron chi connectivity index (χ2n) is 5.01. The molecule has 0 aliphatic carbocycles. The van der Waals surface area contributed by atoms with Crippen molar-refractivity contribution >= 4 is 23.5 Å².